The maximum absolute atomic E-state index is 12.3. The highest BCUT2D eigenvalue weighted by molar-refractivity contribution is 7.08. The SMILES string of the molecule is COc1ccc(-c2ccccc2)cc1N(C)c1ncnc2n[nH]c(-c3ccsc3)c12.COc1ccc(-c2ccccc2)cc1Nc1ncnc2n[nH]c(-c3ccoc3)c12.COc1ccc(C(=O)N(C)C)cc1Nc1ncnc2n[nH]c(-c3ccsc3)c12.COc1ccc(N2CCN(C)CC2)cc1Nc1ncnc2n[nH]c(-c3ccsc3)c12. The number of methoxy groups -OCH3 is 4. The number of H-pyrrole nitrogens is 4. The molecule has 6 aromatic carbocycles. The molecule has 12 aromatic heterocycles. The van der Waals surface area contributed by atoms with Crippen LogP contribution in [0, 0.1) is 0 Å². The number of carbonyl (C=O) groups excluding carboxylic acids is 1. The van der Waals surface area contributed by atoms with E-state index in [1.165, 1.54) is 29.6 Å². The summed E-state index contributed by atoms with van der Waals surface area (Å²) in [5.74, 6) is 5.41. The van der Waals surface area contributed by atoms with Gasteiger partial charge >= 0.3 is 0 Å². The molecule has 586 valence electrons. The van der Waals surface area contributed by atoms with Crippen LogP contribution in [0.2, 0.25) is 0 Å². The van der Waals surface area contributed by atoms with Crippen LogP contribution in [0.5, 0.6) is 23.0 Å². The number of anilines is 9. The first-order valence-electron chi connectivity index (χ1n) is 36.8. The smallest absolute Gasteiger partial charge is 0.253 e. The maximum Gasteiger partial charge on any atom is 0.253 e. The van der Waals surface area contributed by atoms with Gasteiger partial charge in [0, 0.05) is 97.0 Å². The highest BCUT2D eigenvalue weighted by atomic mass is 32.1. The summed E-state index contributed by atoms with van der Waals surface area (Å²) in [7, 11) is 14.2. The molecule has 1 aliphatic rings. The molecule has 19 rings (SSSR count). The average Bonchev–Trinajstić information content (AvgIpc) is 1.66. The number of carbonyl (C=O) groups is 1. The minimum atomic E-state index is -0.0965. The van der Waals surface area contributed by atoms with E-state index >= 15 is 0 Å². The number of hydrogen-bond donors (Lipinski definition) is 7. The lowest BCUT2D eigenvalue weighted by Gasteiger charge is -2.34. The molecule has 32 heteroatoms. The standard InChI is InChI=1S/C23H19N5OS.C22H17N5O2.C21H23N7OS.C19H18N6O2S/c1-28(18-12-16(8-9-19(18)29-2)15-6-4-3-5-7-15)23-20-21(17-10-11-30-13-17)26-27-22(20)24-14-25-23;1-28-18-8-7-15(14-5-3-2-4-6-14)11-17(18)25-21-19-20(16-9-10-29-12-16)26-27-22(19)24-13-23-21;1-27-6-8-28(9-7-27)15-3-4-17(29-2)16(11-15)24-20-18-19(14-5-10-30-12-14)25-26-21(18)23-13-22-20;1-25(2)19(26)11-4-5-14(27-3)13(8-11)22-17-15-16(12-6-7-28-9-12)23-24-18(15)21-10-20-17/h3-14H,1-2H3,(H,24,25,26,27);2-13H,1H3,(H2,23,24,25,26,27);3-5,10-13H,6-9H2,1-2H3,(H2,22,23,24,25,26);4-10H,1-3H3,(H2,20,21,22,23,24). The number of likely N-dealkylation sites (N-methyl/N-ethyl adjacent to an activating group) is 1. The fourth-order valence-corrected chi connectivity index (χ4v) is 15.5. The molecule has 117 heavy (non-hydrogen) atoms. The number of amides is 1. The molecule has 0 atom stereocenters. The van der Waals surface area contributed by atoms with Crippen LogP contribution in [-0.4, -0.2) is 179 Å². The monoisotopic (exact) mass is 1610 g/mol. The van der Waals surface area contributed by atoms with E-state index in [1.807, 2.05) is 112 Å². The van der Waals surface area contributed by atoms with Gasteiger partial charge in [0.05, 0.1) is 108 Å². The molecule has 0 radical (unpaired) electrons. The second-order valence-corrected chi connectivity index (χ2v) is 29.2. The summed E-state index contributed by atoms with van der Waals surface area (Å²) in [6.45, 7) is 4.12. The van der Waals surface area contributed by atoms with E-state index in [2.05, 4.69) is 185 Å². The molecule has 13 heterocycles. The number of nitrogens with zero attached hydrogens (tertiary/aromatic N) is 16. The van der Waals surface area contributed by atoms with E-state index < -0.39 is 0 Å². The van der Waals surface area contributed by atoms with Gasteiger partial charge in [-0.15, -0.1) is 0 Å². The van der Waals surface area contributed by atoms with E-state index in [1.54, 1.807) is 114 Å². The Hall–Kier alpha value is -14.5. The highest BCUT2D eigenvalue weighted by Crippen LogP contribution is 2.43. The molecule has 7 N–H and O–H groups in total. The summed E-state index contributed by atoms with van der Waals surface area (Å²) < 4.78 is 27.5. The summed E-state index contributed by atoms with van der Waals surface area (Å²) in [6.07, 6.45) is 9.27. The van der Waals surface area contributed by atoms with Crippen molar-refractivity contribution in [2.45, 2.75) is 0 Å². The van der Waals surface area contributed by atoms with Crippen molar-refractivity contribution >= 4 is 136 Å². The number of piperazine rings is 1. The first-order chi connectivity index (χ1) is 57.4. The lowest BCUT2D eigenvalue weighted by atomic mass is 10.0. The first-order valence-corrected chi connectivity index (χ1v) is 39.6. The number of thiophene rings is 3. The highest BCUT2D eigenvalue weighted by Gasteiger charge is 2.25. The van der Waals surface area contributed by atoms with Crippen LogP contribution in [0.1, 0.15) is 10.4 Å². The van der Waals surface area contributed by atoms with Gasteiger partial charge < -0.3 is 58.9 Å². The van der Waals surface area contributed by atoms with E-state index in [4.69, 9.17) is 23.4 Å². The lowest BCUT2D eigenvalue weighted by Crippen LogP contribution is -2.44. The van der Waals surface area contributed by atoms with Gasteiger partial charge in [-0.2, -0.15) is 54.4 Å². The number of fused-ring (bicyclic) bond motifs is 4. The van der Waals surface area contributed by atoms with Gasteiger partial charge in [0.25, 0.3) is 5.91 Å². The predicted molar refractivity (Wildman–Crippen MR) is 463 cm³/mol. The summed E-state index contributed by atoms with van der Waals surface area (Å²) in [5, 5.41) is 55.4. The van der Waals surface area contributed by atoms with Crippen molar-refractivity contribution in [1.82, 2.24) is 90.5 Å². The molecular formula is C85H77N23O6S3. The maximum atomic E-state index is 12.3. The lowest BCUT2D eigenvalue weighted by molar-refractivity contribution is 0.0827. The fourth-order valence-electron chi connectivity index (χ4n) is 13.5. The van der Waals surface area contributed by atoms with Crippen LogP contribution >= 0.6 is 34.0 Å². The Bertz CT molecular complexity index is 6390. The van der Waals surface area contributed by atoms with Gasteiger partial charge in [-0.3, -0.25) is 25.2 Å². The number of furan rings is 1. The van der Waals surface area contributed by atoms with Crippen LogP contribution in [0.3, 0.4) is 0 Å². The molecule has 18 aromatic rings. The summed E-state index contributed by atoms with van der Waals surface area (Å²) in [5.41, 5.74) is 19.2. The number of rotatable bonds is 20. The van der Waals surface area contributed by atoms with Gasteiger partial charge in [0.2, 0.25) is 0 Å². The molecule has 0 unspecified atom stereocenters. The Kier molecular flexibility index (Phi) is 22.8. The van der Waals surface area contributed by atoms with Crippen molar-refractivity contribution in [3.05, 3.63) is 233 Å². The van der Waals surface area contributed by atoms with E-state index in [0.717, 1.165) is 149 Å². The van der Waals surface area contributed by atoms with Crippen molar-refractivity contribution in [3.8, 4) is 90.3 Å². The van der Waals surface area contributed by atoms with Crippen LogP contribution in [0.25, 0.3) is 111 Å². The topological polar surface area (TPSA) is 334 Å². The molecule has 0 bridgehead atoms. The van der Waals surface area contributed by atoms with E-state index in [-0.39, 0.29) is 5.91 Å². The second-order valence-electron chi connectivity index (χ2n) is 26.9. The van der Waals surface area contributed by atoms with E-state index in [9.17, 15) is 4.79 Å². The van der Waals surface area contributed by atoms with E-state index in [0.29, 0.717) is 62.8 Å². The Balaban J connectivity index is 0.000000117. The largest absolute Gasteiger partial charge is 0.495 e. The fraction of sp³-hybridized carbons (Fsp3) is 0.141. The van der Waals surface area contributed by atoms with Gasteiger partial charge in [-0.25, -0.2) is 39.9 Å². The Morgan fingerprint density at radius 1 is 0.427 bits per heavy atom. The number of nitrogens with one attached hydrogen (secondary N) is 7. The minimum absolute atomic E-state index is 0.0965. The van der Waals surface area contributed by atoms with Crippen molar-refractivity contribution in [3.63, 3.8) is 0 Å². The third kappa shape index (κ3) is 16.4. The zero-order valence-corrected chi connectivity index (χ0v) is 67.0. The Labute approximate surface area is 682 Å². The number of ether oxygens (including phenoxy) is 4. The van der Waals surface area contributed by atoms with Crippen LogP contribution < -0.4 is 44.7 Å². The molecule has 1 saturated heterocycles. The Morgan fingerprint density at radius 2 is 0.855 bits per heavy atom. The Morgan fingerprint density at radius 3 is 1.32 bits per heavy atom. The summed E-state index contributed by atoms with van der Waals surface area (Å²) in [4.78, 5) is 55.8. The van der Waals surface area contributed by atoms with Crippen molar-refractivity contribution in [2.75, 3.05) is 109 Å². The second kappa shape index (κ2) is 34.9. The predicted octanol–water partition coefficient (Wildman–Crippen LogP) is 17.7. The van der Waals surface area contributed by atoms with Gasteiger partial charge in [-0.05, 0) is 130 Å². The van der Waals surface area contributed by atoms with Crippen LogP contribution in [-0.2, 0) is 0 Å². The zero-order valence-electron chi connectivity index (χ0n) is 64.6. The van der Waals surface area contributed by atoms with Gasteiger partial charge in [0.1, 0.15) is 71.6 Å². The molecule has 1 amide bonds. The number of aromatic nitrogens is 16. The van der Waals surface area contributed by atoms with Crippen LogP contribution in [0.15, 0.2) is 232 Å². The summed E-state index contributed by atoms with van der Waals surface area (Å²) in [6, 6.07) is 52.1. The van der Waals surface area contributed by atoms with Crippen molar-refractivity contribution < 1.29 is 28.2 Å². The number of aromatic amines is 4. The van der Waals surface area contributed by atoms with Crippen molar-refractivity contribution in [1.29, 1.82) is 0 Å². The molecule has 0 spiro atoms. The zero-order chi connectivity index (χ0) is 80.3. The first kappa shape index (κ1) is 76.5. The minimum Gasteiger partial charge on any atom is -0.495 e. The van der Waals surface area contributed by atoms with Gasteiger partial charge in [-0.1, -0.05) is 72.8 Å². The third-order valence-corrected chi connectivity index (χ3v) is 21.6. The molecule has 0 aliphatic carbocycles. The normalized spacial score (nSPS) is 11.9. The molecular weight excluding hydrogens is 1540 g/mol. The molecule has 29 nitrogen and oxygen atoms in total. The summed E-state index contributed by atoms with van der Waals surface area (Å²) >= 11 is 4.88. The molecule has 0 saturated carbocycles. The average molecular weight is 1610 g/mol. The third-order valence-electron chi connectivity index (χ3n) is 19.6. The number of benzene rings is 6. The van der Waals surface area contributed by atoms with Crippen LogP contribution in [0.4, 0.5) is 51.7 Å². The molecule has 1 aliphatic heterocycles. The van der Waals surface area contributed by atoms with Gasteiger partial charge in [0.15, 0.2) is 22.6 Å². The molecule has 1 fully saturated rings. The van der Waals surface area contributed by atoms with Crippen molar-refractivity contribution in [2.24, 2.45) is 0 Å². The quantitative estimate of drug-likeness (QED) is 0.0373. The number of hydrogen-bond acceptors (Lipinski definition) is 27.